The van der Waals surface area contributed by atoms with Crippen molar-refractivity contribution in [3.8, 4) is 0 Å². The largest absolute Gasteiger partial charge is 0.472 e. The summed E-state index contributed by atoms with van der Waals surface area (Å²) in [6.07, 6.45) is 56.9. The van der Waals surface area contributed by atoms with E-state index < -0.39 is 57.8 Å². The predicted molar refractivity (Wildman–Crippen MR) is 279 cm³/mol. The number of hydrogen-bond donors (Lipinski definition) is 2. The summed E-state index contributed by atoms with van der Waals surface area (Å²) in [5, 5.41) is 9.74. The fraction of sp³-hybridized carbons (Fsp3) is 0.661. The quantitative estimate of drug-likeness (QED) is 0.0197. The number of phosphoric acid groups is 1. The molecule has 0 aliphatic carbocycles. The van der Waals surface area contributed by atoms with Crippen LogP contribution in [0.3, 0.4) is 0 Å². The minimum Gasteiger partial charge on any atom is -0.462 e. The number of esters is 3. The standard InChI is InChI=1S/C56H93O11P/c1-4-7-10-13-16-19-21-23-24-25-26-27-28-30-32-35-38-41-44-47-56(60)67-53(49-63-54(58)45-42-39-36-34-31-29-22-20-17-14-11-8-5-2)51-65-68(61,62)64-50-52(48-57)66-55(59)46-43-40-37-33-18-15-12-9-6-3/h7-8,10-11,16-17,19-20,23-24,26-27,29,31,36,39,52-53,57H,4-6,9,12-15,18,21-22,25,28,30,32-35,37-38,40-51H2,1-3H3,(H,61,62)/b10-7-,11-8-,19-16-,20-17-,24-23-,27-26-,31-29-,39-36-. The first-order valence-corrected chi connectivity index (χ1v) is 27.6. The lowest BCUT2D eigenvalue weighted by atomic mass is 10.1. The van der Waals surface area contributed by atoms with Gasteiger partial charge in [-0.3, -0.25) is 23.4 Å². The van der Waals surface area contributed by atoms with Gasteiger partial charge in [-0.15, -0.1) is 0 Å². The van der Waals surface area contributed by atoms with Gasteiger partial charge in [0.25, 0.3) is 0 Å². The highest BCUT2D eigenvalue weighted by atomic mass is 31.2. The molecular weight excluding hydrogens is 880 g/mol. The van der Waals surface area contributed by atoms with E-state index in [9.17, 15) is 28.9 Å². The molecule has 0 saturated carbocycles. The molecule has 0 radical (unpaired) electrons. The van der Waals surface area contributed by atoms with Crippen molar-refractivity contribution in [2.24, 2.45) is 0 Å². The van der Waals surface area contributed by atoms with Crippen molar-refractivity contribution in [1.29, 1.82) is 0 Å². The van der Waals surface area contributed by atoms with Crippen molar-refractivity contribution in [2.75, 3.05) is 26.4 Å². The Labute approximate surface area is 412 Å². The maximum Gasteiger partial charge on any atom is 0.472 e. The van der Waals surface area contributed by atoms with Gasteiger partial charge in [0.15, 0.2) is 6.10 Å². The third-order valence-corrected chi connectivity index (χ3v) is 11.5. The molecule has 0 aromatic rings. The second-order valence-electron chi connectivity index (χ2n) is 16.9. The van der Waals surface area contributed by atoms with Crippen molar-refractivity contribution in [3.05, 3.63) is 97.2 Å². The first kappa shape index (κ1) is 64.4. The molecule has 3 atom stereocenters. The van der Waals surface area contributed by atoms with E-state index in [1.54, 1.807) is 0 Å². The highest BCUT2D eigenvalue weighted by Crippen LogP contribution is 2.43. The lowest BCUT2D eigenvalue weighted by molar-refractivity contribution is -0.161. The molecule has 0 saturated heterocycles. The summed E-state index contributed by atoms with van der Waals surface area (Å²) >= 11 is 0. The Balaban J connectivity index is 4.84. The molecular formula is C56H93O11P. The molecule has 0 heterocycles. The van der Waals surface area contributed by atoms with Gasteiger partial charge < -0.3 is 24.2 Å². The predicted octanol–water partition coefficient (Wildman–Crippen LogP) is 14.9. The van der Waals surface area contributed by atoms with Crippen molar-refractivity contribution >= 4 is 25.7 Å². The molecule has 2 N–H and O–H groups in total. The van der Waals surface area contributed by atoms with E-state index in [1.807, 2.05) is 12.2 Å². The molecule has 0 amide bonds. The van der Waals surface area contributed by atoms with E-state index in [4.69, 9.17) is 23.3 Å². The number of aliphatic hydroxyl groups excluding tert-OH is 1. The molecule has 68 heavy (non-hydrogen) atoms. The van der Waals surface area contributed by atoms with Crippen molar-refractivity contribution < 1.29 is 52.2 Å². The van der Waals surface area contributed by atoms with Gasteiger partial charge in [-0.2, -0.15) is 0 Å². The lowest BCUT2D eigenvalue weighted by Crippen LogP contribution is -2.30. The van der Waals surface area contributed by atoms with Gasteiger partial charge in [-0.1, -0.05) is 195 Å². The number of phosphoric ester groups is 1. The normalized spacial score (nSPS) is 14.2. The average Bonchev–Trinajstić information content (AvgIpc) is 3.32. The number of rotatable bonds is 47. The van der Waals surface area contributed by atoms with Crippen LogP contribution in [0.4, 0.5) is 0 Å². The van der Waals surface area contributed by atoms with E-state index >= 15 is 0 Å². The van der Waals surface area contributed by atoms with Gasteiger partial charge in [-0.25, -0.2) is 4.57 Å². The van der Waals surface area contributed by atoms with Crippen molar-refractivity contribution in [1.82, 2.24) is 0 Å². The summed E-state index contributed by atoms with van der Waals surface area (Å²) in [5.41, 5.74) is 0. The van der Waals surface area contributed by atoms with Crippen molar-refractivity contribution in [3.63, 3.8) is 0 Å². The van der Waals surface area contributed by atoms with Crippen LogP contribution in [-0.4, -0.2) is 66.5 Å². The number of carbonyl (C=O) groups excluding carboxylic acids is 3. The molecule has 0 fully saturated rings. The summed E-state index contributed by atoms with van der Waals surface area (Å²) < 4.78 is 39.2. The summed E-state index contributed by atoms with van der Waals surface area (Å²) in [6, 6.07) is 0. The van der Waals surface area contributed by atoms with Crippen LogP contribution >= 0.6 is 7.82 Å². The zero-order chi connectivity index (χ0) is 49.9. The summed E-state index contributed by atoms with van der Waals surface area (Å²) in [7, 11) is -4.76. The van der Waals surface area contributed by atoms with Crippen LogP contribution in [0, 0.1) is 0 Å². The molecule has 0 aliphatic heterocycles. The molecule has 0 spiro atoms. The van der Waals surface area contributed by atoms with E-state index in [1.165, 1.54) is 32.1 Å². The third kappa shape index (κ3) is 47.5. The van der Waals surface area contributed by atoms with Crippen LogP contribution in [-0.2, 0) is 42.2 Å². The molecule has 0 aromatic carbocycles. The summed E-state index contributed by atoms with van der Waals surface area (Å²) in [4.78, 5) is 48.2. The van der Waals surface area contributed by atoms with E-state index in [2.05, 4.69) is 106 Å². The Morgan fingerprint density at radius 1 is 0.426 bits per heavy atom. The minimum atomic E-state index is -4.76. The van der Waals surface area contributed by atoms with Crippen LogP contribution in [0.15, 0.2) is 97.2 Å². The highest BCUT2D eigenvalue weighted by Gasteiger charge is 2.28. The minimum absolute atomic E-state index is 0.0984. The van der Waals surface area contributed by atoms with Gasteiger partial charge in [0.1, 0.15) is 12.7 Å². The van der Waals surface area contributed by atoms with Gasteiger partial charge in [0, 0.05) is 19.3 Å². The lowest BCUT2D eigenvalue weighted by Gasteiger charge is -2.21. The highest BCUT2D eigenvalue weighted by molar-refractivity contribution is 7.47. The summed E-state index contributed by atoms with van der Waals surface area (Å²) in [5.74, 6) is -1.59. The Morgan fingerprint density at radius 2 is 0.794 bits per heavy atom. The Hall–Kier alpha value is -3.60. The molecule has 3 unspecified atom stereocenters. The van der Waals surface area contributed by atoms with Crippen LogP contribution in [0.1, 0.15) is 201 Å². The second-order valence-corrected chi connectivity index (χ2v) is 18.4. The van der Waals surface area contributed by atoms with Crippen LogP contribution in [0.2, 0.25) is 0 Å². The average molecular weight is 973 g/mol. The number of ether oxygens (including phenoxy) is 3. The zero-order valence-electron chi connectivity index (χ0n) is 42.5. The van der Waals surface area contributed by atoms with E-state index in [-0.39, 0.29) is 25.9 Å². The SMILES string of the molecule is CC/C=C\C/C=C\C/C=C\C/C=C\CCCCCCCCC(=O)OC(COC(=O)CC/C=C\C/C=C\C/C=C\C/C=C\CC)COP(=O)(O)OCC(CO)OC(=O)CCCCCCCCCCC. The van der Waals surface area contributed by atoms with Gasteiger partial charge in [-0.05, 0) is 83.5 Å². The monoisotopic (exact) mass is 973 g/mol. The molecule has 388 valence electrons. The van der Waals surface area contributed by atoms with Crippen LogP contribution in [0.5, 0.6) is 0 Å². The molecule has 0 aromatic heterocycles. The molecule has 0 bridgehead atoms. The van der Waals surface area contributed by atoms with E-state index in [0.717, 1.165) is 109 Å². The molecule has 0 rings (SSSR count). The molecule has 0 aliphatic rings. The van der Waals surface area contributed by atoms with Crippen LogP contribution in [0.25, 0.3) is 0 Å². The van der Waals surface area contributed by atoms with Crippen molar-refractivity contribution in [2.45, 2.75) is 213 Å². The first-order chi connectivity index (χ1) is 33.2. The van der Waals surface area contributed by atoms with Crippen LogP contribution < -0.4 is 0 Å². The van der Waals surface area contributed by atoms with Gasteiger partial charge in [0.2, 0.25) is 0 Å². The number of allylic oxidation sites excluding steroid dienone is 16. The maximum atomic E-state index is 12.8. The fourth-order valence-electron chi connectivity index (χ4n) is 6.59. The third-order valence-electron chi connectivity index (χ3n) is 10.5. The number of hydrogen-bond acceptors (Lipinski definition) is 10. The maximum absolute atomic E-state index is 12.8. The topological polar surface area (TPSA) is 155 Å². The Bertz CT molecular complexity index is 1510. The molecule has 12 heteroatoms. The fourth-order valence-corrected chi connectivity index (χ4v) is 7.38. The number of carbonyl (C=O) groups is 3. The summed E-state index contributed by atoms with van der Waals surface area (Å²) in [6.45, 7) is 4.26. The Kier molecular flexibility index (Phi) is 47.2. The zero-order valence-corrected chi connectivity index (χ0v) is 43.4. The number of unbranched alkanes of at least 4 members (excludes halogenated alkanes) is 14. The molecule has 11 nitrogen and oxygen atoms in total. The Morgan fingerprint density at radius 3 is 1.24 bits per heavy atom. The second kappa shape index (κ2) is 49.8. The first-order valence-electron chi connectivity index (χ1n) is 26.1. The number of aliphatic hydroxyl groups is 1. The van der Waals surface area contributed by atoms with Gasteiger partial charge in [0.05, 0.1) is 19.8 Å². The van der Waals surface area contributed by atoms with E-state index in [0.29, 0.717) is 19.3 Å². The smallest absolute Gasteiger partial charge is 0.462 e. The van der Waals surface area contributed by atoms with Gasteiger partial charge >= 0.3 is 25.7 Å².